The molecule has 1 fully saturated rings. The summed E-state index contributed by atoms with van der Waals surface area (Å²) in [5, 5.41) is 2.50. The molecular formula is C22H24F5NO5. The van der Waals surface area contributed by atoms with Crippen LogP contribution in [0, 0.1) is 46.8 Å². The molecule has 1 aromatic rings. The summed E-state index contributed by atoms with van der Waals surface area (Å²) in [6.07, 6.45) is 7.61. The van der Waals surface area contributed by atoms with Gasteiger partial charge in [0.2, 0.25) is 34.8 Å². The van der Waals surface area contributed by atoms with Crippen molar-refractivity contribution in [1.29, 1.82) is 0 Å². The molecule has 2 aliphatic carbocycles. The van der Waals surface area contributed by atoms with Gasteiger partial charge in [-0.15, -0.1) is 0 Å². The largest absolute Gasteiger partial charge is 0.449 e. The molecule has 1 N–H and O–H groups in total. The van der Waals surface area contributed by atoms with Gasteiger partial charge in [-0.25, -0.2) is 18.0 Å². The lowest BCUT2D eigenvalue weighted by Gasteiger charge is -2.09. The second kappa shape index (κ2) is 11.4. The minimum absolute atomic E-state index is 0.00521. The zero-order valence-electron chi connectivity index (χ0n) is 17.7. The van der Waals surface area contributed by atoms with Crippen molar-refractivity contribution in [2.45, 2.75) is 32.1 Å². The normalized spacial score (nSPS) is 21.5. The molecular weight excluding hydrogens is 453 g/mol. The molecule has 0 spiro atoms. The third-order valence-electron chi connectivity index (χ3n) is 5.77. The topological polar surface area (TPSA) is 73.9 Å². The van der Waals surface area contributed by atoms with E-state index in [-0.39, 0.29) is 19.8 Å². The number of hydrogen-bond acceptors (Lipinski definition) is 5. The van der Waals surface area contributed by atoms with E-state index in [4.69, 9.17) is 9.47 Å². The van der Waals surface area contributed by atoms with Crippen molar-refractivity contribution in [1.82, 2.24) is 5.32 Å². The van der Waals surface area contributed by atoms with Gasteiger partial charge < -0.3 is 19.5 Å². The van der Waals surface area contributed by atoms with E-state index in [1.807, 2.05) is 0 Å². The Morgan fingerprint density at radius 3 is 2.06 bits per heavy atom. The molecule has 0 heterocycles. The van der Waals surface area contributed by atoms with Crippen LogP contribution in [0.5, 0.6) is 5.75 Å². The number of fused-ring (bicyclic) bond motifs is 1. The number of hydrogen-bond donors (Lipinski definition) is 1. The number of amides is 1. The van der Waals surface area contributed by atoms with Gasteiger partial charge in [0.1, 0.15) is 0 Å². The van der Waals surface area contributed by atoms with Crippen molar-refractivity contribution in [3.8, 4) is 5.75 Å². The minimum Gasteiger partial charge on any atom is -0.449 e. The van der Waals surface area contributed by atoms with Gasteiger partial charge in [-0.3, -0.25) is 4.79 Å². The first-order valence-corrected chi connectivity index (χ1v) is 10.7. The summed E-state index contributed by atoms with van der Waals surface area (Å²) in [6.45, 7) is 0.203. The number of carbonyl (C=O) groups excluding carboxylic acids is 2. The van der Waals surface area contributed by atoms with E-state index in [2.05, 4.69) is 22.2 Å². The molecule has 0 saturated heterocycles. The summed E-state index contributed by atoms with van der Waals surface area (Å²) in [5.41, 5.74) is 0. The predicted octanol–water partition coefficient (Wildman–Crippen LogP) is 4.41. The highest BCUT2D eigenvalue weighted by atomic mass is 19.2. The molecule has 0 aliphatic heterocycles. The Kier molecular flexibility index (Phi) is 8.65. The number of esters is 1. The molecule has 182 valence electrons. The molecule has 11 heteroatoms. The Morgan fingerprint density at radius 1 is 0.879 bits per heavy atom. The maximum atomic E-state index is 13.5. The summed E-state index contributed by atoms with van der Waals surface area (Å²) in [6, 6.07) is 0. The first-order chi connectivity index (χ1) is 15.8. The molecule has 1 saturated carbocycles. The monoisotopic (exact) mass is 477 g/mol. The fraction of sp³-hybridized carbons (Fsp3) is 0.545. The van der Waals surface area contributed by atoms with Crippen LogP contribution in [0.2, 0.25) is 0 Å². The highest BCUT2D eigenvalue weighted by molar-refractivity contribution is 5.72. The minimum atomic E-state index is -2.35. The molecule has 0 aromatic heterocycles. The van der Waals surface area contributed by atoms with E-state index in [1.165, 1.54) is 0 Å². The Balaban J connectivity index is 1.27. The fourth-order valence-corrected chi connectivity index (χ4v) is 3.99. The smallest absolute Gasteiger partial charge is 0.407 e. The van der Waals surface area contributed by atoms with Crippen LogP contribution in [0.25, 0.3) is 0 Å². The summed E-state index contributed by atoms with van der Waals surface area (Å²) < 4.78 is 80.7. The number of ether oxygens (including phenoxy) is 3. The van der Waals surface area contributed by atoms with Crippen LogP contribution in [0.3, 0.4) is 0 Å². The van der Waals surface area contributed by atoms with Crippen molar-refractivity contribution >= 4 is 12.1 Å². The molecule has 0 radical (unpaired) electrons. The van der Waals surface area contributed by atoms with Gasteiger partial charge >= 0.3 is 12.1 Å². The Hall–Kier alpha value is -2.69. The number of halogens is 5. The van der Waals surface area contributed by atoms with Crippen molar-refractivity contribution in [2.24, 2.45) is 17.8 Å². The third kappa shape index (κ3) is 6.43. The molecule has 0 bridgehead atoms. The molecule has 6 nitrogen and oxygen atoms in total. The van der Waals surface area contributed by atoms with Crippen LogP contribution in [0.4, 0.5) is 26.7 Å². The van der Waals surface area contributed by atoms with Crippen LogP contribution < -0.4 is 10.1 Å². The number of rotatable bonds is 9. The first-order valence-electron chi connectivity index (χ1n) is 10.7. The van der Waals surface area contributed by atoms with Gasteiger partial charge in [0.05, 0.1) is 26.2 Å². The number of alkyl carbamates (subject to hydrolysis) is 1. The second-order valence-electron chi connectivity index (χ2n) is 7.88. The zero-order chi connectivity index (χ0) is 24.0. The molecule has 2 aliphatic rings. The molecule has 1 aromatic carbocycles. The molecule has 33 heavy (non-hydrogen) atoms. The average Bonchev–Trinajstić information content (AvgIpc) is 3.43. The summed E-state index contributed by atoms with van der Waals surface area (Å²) in [5.74, 6) is -12.6. The average molecular weight is 477 g/mol. The Bertz CT molecular complexity index is 865. The maximum absolute atomic E-state index is 13.5. The number of nitrogens with one attached hydrogen (secondary N) is 1. The van der Waals surface area contributed by atoms with Gasteiger partial charge in [-0.1, -0.05) is 12.2 Å². The standard InChI is InChI=1S/C22H24F5NO5/c23-16-17(24)19(26)21(20(27)18(16)25)33-15(29)7-9-31-10-8-28-22(30)32-11-14-12-5-3-1-2-4-6-13(12)14/h1-2,12-14H,3-11H2,(H,28,30). The Morgan fingerprint density at radius 2 is 1.45 bits per heavy atom. The summed E-state index contributed by atoms with van der Waals surface area (Å²) in [4.78, 5) is 23.4. The quantitative estimate of drug-likeness (QED) is 0.109. The SMILES string of the molecule is O=C(CCOCCNC(=O)OCC1C2CCC=CCCC21)Oc1c(F)c(F)c(F)c(F)c1F. The lowest BCUT2D eigenvalue weighted by atomic mass is 10.1. The van der Waals surface area contributed by atoms with Crippen LogP contribution >= 0.6 is 0 Å². The second-order valence-corrected chi connectivity index (χ2v) is 7.88. The molecule has 2 atom stereocenters. The van der Waals surface area contributed by atoms with Crippen LogP contribution in [0.1, 0.15) is 32.1 Å². The number of carbonyl (C=O) groups is 2. The van der Waals surface area contributed by atoms with Crippen LogP contribution in [-0.2, 0) is 14.3 Å². The summed E-state index contributed by atoms with van der Waals surface area (Å²) >= 11 is 0. The fourth-order valence-electron chi connectivity index (χ4n) is 3.99. The van der Waals surface area contributed by atoms with Crippen molar-refractivity contribution in [3.63, 3.8) is 0 Å². The lowest BCUT2D eigenvalue weighted by Crippen LogP contribution is -2.29. The van der Waals surface area contributed by atoms with Crippen LogP contribution in [-0.4, -0.2) is 38.4 Å². The first kappa shape index (κ1) is 24.9. The van der Waals surface area contributed by atoms with E-state index in [0.29, 0.717) is 24.4 Å². The van der Waals surface area contributed by atoms with Gasteiger partial charge in [-0.2, -0.15) is 8.78 Å². The van der Waals surface area contributed by atoms with Gasteiger partial charge in [0, 0.05) is 6.54 Å². The molecule has 1 amide bonds. The third-order valence-corrected chi connectivity index (χ3v) is 5.77. The van der Waals surface area contributed by atoms with Crippen molar-refractivity contribution < 1.29 is 45.8 Å². The van der Waals surface area contributed by atoms with E-state index in [9.17, 15) is 31.5 Å². The highest BCUT2D eigenvalue weighted by Crippen LogP contribution is 2.52. The van der Waals surface area contributed by atoms with Gasteiger partial charge in [0.15, 0.2) is 0 Å². The lowest BCUT2D eigenvalue weighted by molar-refractivity contribution is -0.136. The van der Waals surface area contributed by atoms with Gasteiger partial charge in [-0.05, 0) is 43.4 Å². The Labute approximate surface area is 187 Å². The van der Waals surface area contributed by atoms with E-state index >= 15 is 0 Å². The summed E-state index contributed by atoms with van der Waals surface area (Å²) in [7, 11) is 0. The van der Waals surface area contributed by atoms with Crippen molar-refractivity contribution in [2.75, 3.05) is 26.4 Å². The van der Waals surface area contributed by atoms with Gasteiger partial charge in [0.25, 0.3) is 0 Å². The maximum Gasteiger partial charge on any atom is 0.407 e. The van der Waals surface area contributed by atoms with E-state index < -0.39 is 53.3 Å². The molecule has 2 unspecified atom stereocenters. The van der Waals surface area contributed by atoms with Crippen LogP contribution in [0.15, 0.2) is 12.2 Å². The van der Waals surface area contributed by atoms with E-state index in [0.717, 1.165) is 25.7 Å². The zero-order valence-corrected chi connectivity index (χ0v) is 17.7. The van der Waals surface area contributed by atoms with Crippen molar-refractivity contribution in [3.05, 3.63) is 41.2 Å². The van der Waals surface area contributed by atoms with E-state index in [1.54, 1.807) is 0 Å². The number of benzene rings is 1. The molecule has 3 rings (SSSR count). The number of allylic oxidation sites excluding steroid dienone is 2. The predicted molar refractivity (Wildman–Crippen MR) is 105 cm³/mol. The highest BCUT2D eigenvalue weighted by Gasteiger charge is 2.49.